The molecule has 78 valence electrons. The number of ether oxygens (including phenoxy) is 1. The summed E-state index contributed by atoms with van der Waals surface area (Å²) in [6.07, 6.45) is 0. The minimum absolute atomic E-state index is 0.282. The maximum atomic E-state index is 13.5. The quantitative estimate of drug-likeness (QED) is 0.789. The second kappa shape index (κ2) is 3.58. The average Bonchev–Trinajstić information content (AvgIpc) is 2.02. The molecule has 0 aromatic heterocycles. The third-order valence-electron chi connectivity index (χ3n) is 2.23. The highest BCUT2D eigenvalue weighted by atomic mass is 19.1. The monoisotopic (exact) mass is 197 g/mol. The van der Waals surface area contributed by atoms with E-state index >= 15 is 0 Å². The molecule has 1 rings (SSSR count). The first-order valence-corrected chi connectivity index (χ1v) is 4.50. The molecule has 3 heteroatoms. The molecule has 0 spiro atoms. The lowest BCUT2D eigenvalue weighted by Gasteiger charge is -2.23. The van der Waals surface area contributed by atoms with Crippen molar-refractivity contribution < 1.29 is 9.13 Å². The Bertz CT molecular complexity index is 342. The van der Waals surface area contributed by atoms with Crippen molar-refractivity contribution in [2.75, 3.05) is 7.11 Å². The van der Waals surface area contributed by atoms with E-state index in [9.17, 15) is 4.39 Å². The van der Waals surface area contributed by atoms with Gasteiger partial charge in [0.15, 0.2) is 0 Å². The number of hydrogen-bond donors (Lipinski definition) is 1. The standard InChI is InChI=1S/C11H16FNO/c1-7-9(14-4)6-5-8(12)10(7)11(2,3)13/h5-6H,13H2,1-4H3. The van der Waals surface area contributed by atoms with Gasteiger partial charge in [0.25, 0.3) is 0 Å². The predicted molar refractivity (Wildman–Crippen MR) is 54.9 cm³/mol. The molecule has 0 aliphatic rings. The van der Waals surface area contributed by atoms with Crippen LogP contribution in [-0.2, 0) is 5.54 Å². The Morgan fingerprint density at radius 3 is 2.36 bits per heavy atom. The van der Waals surface area contributed by atoms with Crippen molar-refractivity contribution in [1.29, 1.82) is 0 Å². The zero-order chi connectivity index (χ0) is 10.9. The molecule has 2 N–H and O–H groups in total. The smallest absolute Gasteiger partial charge is 0.128 e. The van der Waals surface area contributed by atoms with Crippen LogP contribution < -0.4 is 10.5 Å². The van der Waals surface area contributed by atoms with Gasteiger partial charge in [0, 0.05) is 11.1 Å². The van der Waals surface area contributed by atoms with E-state index in [-0.39, 0.29) is 5.82 Å². The summed E-state index contributed by atoms with van der Waals surface area (Å²) in [4.78, 5) is 0. The molecule has 0 saturated carbocycles. The highest BCUT2D eigenvalue weighted by Crippen LogP contribution is 2.30. The van der Waals surface area contributed by atoms with Gasteiger partial charge in [-0.05, 0) is 38.5 Å². The van der Waals surface area contributed by atoms with Crippen molar-refractivity contribution in [1.82, 2.24) is 0 Å². The second-order valence-corrected chi connectivity index (χ2v) is 3.97. The molecule has 0 radical (unpaired) electrons. The lowest BCUT2D eigenvalue weighted by Crippen LogP contribution is -2.31. The minimum Gasteiger partial charge on any atom is -0.496 e. The van der Waals surface area contributed by atoms with Crippen LogP contribution in [0.2, 0.25) is 0 Å². The predicted octanol–water partition coefficient (Wildman–Crippen LogP) is 2.34. The Kier molecular flexibility index (Phi) is 2.81. The van der Waals surface area contributed by atoms with Crippen LogP contribution in [0, 0.1) is 12.7 Å². The van der Waals surface area contributed by atoms with E-state index in [0.717, 1.165) is 5.56 Å². The number of hydrogen-bond acceptors (Lipinski definition) is 2. The highest BCUT2D eigenvalue weighted by molar-refractivity contribution is 5.43. The summed E-state index contributed by atoms with van der Waals surface area (Å²) in [6, 6.07) is 3.00. The molecule has 0 aliphatic carbocycles. The summed E-state index contributed by atoms with van der Waals surface area (Å²) in [7, 11) is 1.56. The zero-order valence-electron chi connectivity index (χ0n) is 9.02. The summed E-state index contributed by atoms with van der Waals surface area (Å²) < 4.78 is 18.6. The molecule has 2 nitrogen and oxygen atoms in total. The summed E-state index contributed by atoms with van der Waals surface area (Å²) in [5, 5.41) is 0. The summed E-state index contributed by atoms with van der Waals surface area (Å²) in [5.41, 5.74) is 6.47. The van der Waals surface area contributed by atoms with Gasteiger partial charge < -0.3 is 10.5 Å². The fourth-order valence-electron chi connectivity index (χ4n) is 1.67. The lowest BCUT2D eigenvalue weighted by atomic mass is 9.90. The van der Waals surface area contributed by atoms with E-state index < -0.39 is 5.54 Å². The van der Waals surface area contributed by atoms with Gasteiger partial charge in [-0.15, -0.1) is 0 Å². The fourth-order valence-corrected chi connectivity index (χ4v) is 1.67. The Labute approximate surface area is 83.9 Å². The fraction of sp³-hybridized carbons (Fsp3) is 0.455. The number of nitrogens with two attached hydrogens (primary N) is 1. The lowest BCUT2D eigenvalue weighted by molar-refractivity contribution is 0.404. The maximum Gasteiger partial charge on any atom is 0.128 e. The van der Waals surface area contributed by atoms with E-state index in [0.29, 0.717) is 11.3 Å². The Morgan fingerprint density at radius 1 is 1.36 bits per heavy atom. The van der Waals surface area contributed by atoms with Gasteiger partial charge >= 0.3 is 0 Å². The molecule has 14 heavy (non-hydrogen) atoms. The SMILES string of the molecule is COc1ccc(F)c(C(C)(C)N)c1C. The molecular formula is C11H16FNO. The van der Waals surface area contributed by atoms with Crippen molar-refractivity contribution in [3.8, 4) is 5.75 Å². The van der Waals surface area contributed by atoms with Gasteiger partial charge in [0.1, 0.15) is 11.6 Å². The van der Waals surface area contributed by atoms with E-state index in [1.54, 1.807) is 27.0 Å². The van der Waals surface area contributed by atoms with Crippen molar-refractivity contribution in [2.24, 2.45) is 5.73 Å². The molecule has 0 atom stereocenters. The molecule has 0 saturated heterocycles. The summed E-state index contributed by atoms with van der Waals surface area (Å²) in [5.74, 6) is 0.385. The molecule has 0 bridgehead atoms. The zero-order valence-corrected chi connectivity index (χ0v) is 9.02. The van der Waals surface area contributed by atoms with Crippen LogP contribution in [0.25, 0.3) is 0 Å². The highest BCUT2D eigenvalue weighted by Gasteiger charge is 2.23. The van der Waals surface area contributed by atoms with Crippen molar-refractivity contribution in [3.05, 3.63) is 29.1 Å². The van der Waals surface area contributed by atoms with E-state index in [1.807, 2.05) is 6.92 Å². The molecule has 0 aliphatic heterocycles. The van der Waals surface area contributed by atoms with Gasteiger partial charge in [-0.3, -0.25) is 0 Å². The van der Waals surface area contributed by atoms with Gasteiger partial charge in [-0.1, -0.05) is 0 Å². The molecule has 0 unspecified atom stereocenters. The van der Waals surface area contributed by atoms with Crippen LogP contribution in [0.3, 0.4) is 0 Å². The van der Waals surface area contributed by atoms with Gasteiger partial charge in [0.2, 0.25) is 0 Å². The minimum atomic E-state index is -0.692. The Balaban J connectivity index is 3.40. The normalized spacial score (nSPS) is 11.6. The maximum absolute atomic E-state index is 13.5. The van der Waals surface area contributed by atoms with Crippen LogP contribution in [-0.4, -0.2) is 7.11 Å². The first-order valence-electron chi connectivity index (χ1n) is 4.50. The number of halogens is 1. The van der Waals surface area contributed by atoms with Crippen LogP contribution in [0.5, 0.6) is 5.75 Å². The largest absolute Gasteiger partial charge is 0.496 e. The van der Waals surface area contributed by atoms with Crippen molar-refractivity contribution in [3.63, 3.8) is 0 Å². The molecule has 1 aromatic carbocycles. The molecular weight excluding hydrogens is 181 g/mol. The topological polar surface area (TPSA) is 35.2 Å². The third-order valence-corrected chi connectivity index (χ3v) is 2.23. The third kappa shape index (κ3) is 1.87. The summed E-state index contributed by atoms with van der Waals surface area (Å²) >= 11 is 0. The first kappa shape index (κ1) is 11.0. The van der Waals surface area contributed by atoms with Crippen LogP contribution >= 0.6 is 0 Å². The van der Waals surface area contributed by atoms with Crippen LogP contribution in [0.1, 0.15) is 25.0 Å². The van der Waals surface area contributed by atoms with E-state index in [2.05, 4.69) is 0 Å². The summed E-state index contributed by atoms with van der Waals surface area (Å²) in [6.45, 7) is 5.36. The van der Waals surface area contributed by atoms with Gasteiger partial charge in [-0.2, -0.15) is 0 Å². The molecule has 0 amide bonds. The number of benzene rings is 1. The average molecular weight is 197 g/mol. The van der Waals surface area contributed by atoms with Crippen molar-refractivity contribution >= 4 is 0 Å². The van der Waals surface area contributed by atoms with Gasteiger partial charge in [-0.25, -0.2) is 4.39 Å². The Morgan fingerprint density at radius 2 is 1.93 bits per heavy atom. The second-order valence-electron chi connectivity index (χ2n) is 3.97. The Hall–Kier alpha value is -1.09. The van der Waals surface area contributed by atoms with E-state index in [4.69, 9.17) is 10.5 Å². The van der Waals surface area contributed by atoms with Gasteiger partial charge in [0.05, 0.1) is 7.11 Å². The number of methoxy groups -OCH3 is 1. The number of rotatable bonds is 2. The molecule has 0 fully saturated rings. The molecule has 0 heterocycles. The van der Waals surface area contributed by atoms with E-state index in [1.165, 1.54) is 6.07 Å². The van der Waals surface area contributed by atoms with Crippen LogP contribution in [0.4, 0.5) is 4.39 Å². The molecule has 1 aromatic rings. The van der Waals surface area contributed by atoms with Crippen LogP contribution in [0.15, 0.2) is 12.1 Å². The first-order chi connectivity index (χ1) is 6.38. The van der Waals surface area contributed by atoms with Crippen molar-refractivity contribution in [2.45, 2.75) is 26.3 Å².